The number of nitrogens with one attached hydrogen (secondary N) is 4. The zero-order valence-electron chi connectivity index (χ0n) is 12.5. The third-order valence-electron chi connectivity index (χ3n) is 1.82. The second-order valence-corrected chi connectivity index (χ2v) is 4.38. The molecular weight excluding hydrogens is 292 g/mol. The zero-order chi connectivity index (χ0) is 18.6. The van der Waals surface area contributed by atoms with E-state index in [4.69, 9.17) is 40.8 Å². The van der Waals surface area contributed by atoms with Crippen molar-refractivity contribution in [2.24, 2.45) is 5.41 Å². The van der Waals surface area contributed by atoms with Crippen molar-refractivity contribution < 1.29 is 24.0 Å². The summed E-state index contributed by atoms with van der Waals surface area (Å²) in [5.41, 5.74) is 1.43. The molecule has 9 heteroatoms. The van der Waals surface area contributed by atoms with Gasteiger partial charge in [-0.2, -0.15) is 0 Å². The summed E-state index contributed by atoms with van der Waals surface area (Å²) in [7, 11) is 0. The Kier molecular flexibility index (Phi) is 25.1. The van der Waals surface area contributed by atoms with Crippen molar-refractivity contribution in [2.45, 2.75) is 33.6 Å². The van der Waals surface area contributed by atoms with Crippen LogP contribution in [0.5, 0.6) is 0 Å². The molecule has 0 atom stereocenters. The molecule has 1 aliphatic rings. The van der Waals surface area contributed by atoms with Crippen molar-refractivity contribution in [1.82, 2.24) is 0 Å². The van der Waals surface area contributed by atoms with Gasteiger partial charge in [0.25, 0.3) is 0 Å². The molecule has 0 aromatic carbocycles. The fourth-order valence-corrected chi connectivity index (χ4v) is 1.67. The normalized spacial score (nSPS) is 12.5. The number of hydrogen-bond acceptors (Lipinski definition) is 9. The summed E-state index contributed by atoms with van der Waals surface area (Å²) in [5.74, 6) is 0.286. The average molecular weight is 310 g/mol. The maximum absolute atomic E-state index is 11.0. The molecular formula is C13H18N4O5. The van der Waals surface area contributed by atoms with E-state index in [0.29, 0.717) is 6.42 Å². The predicted molar refractivity (Wildman–Crippen MR) is 75.4 cm³/mol. The topological polar surface area (TPSA) is 181 Å². The van der Waals surface area contributed by atoms with Crippen LogP contribution in [0.2, 0.25) is 0 Å². The van der Waals surface area contributed by atoms with Crippen molar-refractivity contribution in [3.05, 3.63) is 11.6 Å². The largest absolute Gasteiger partial charge is 0.295 e. The highest BCUT2D eigenvalue weighted by Gasteiger charge is 2.25. The molecule has 1 rings (SSSR count). The zero-order valence-corrected chi connectivity index (χ0v) is 12.5. The first kappa shape index (κ1) is 27.3. The lowest BCUT2D eigenvalue weighted by Crippen LogP contribution is -2.20. The van der Waals surface area contributed by atoms with Crippen molar-refractivity contribution in [3.63, 3.8) is 0 Å². The summed E-state index contributed by atoms with van der Waals surface area (Å²) in [4.78, 5) is 44.4. The van der Waals surface area contributed by atoms with Crippen molar-refractivity contribution in [1.29, 1.82) is 21.6 Å². The number of carbonyl (C=O) groups is 1. The Bertz CT molecular complexity index is 437. The Balaban J connectivity index is -0.000000113. The quantitative estimate of drug-likeness (QED) is 0.393. The van der Waals surface area contributed by atoms with Gasteiger partial charge < -0.3 is 0 Å². The molecule has 0 unspecified atom stereocenters. The molecule has 0 spiro atoms. The van der Waals surface area contributed by atoms with E-state index in [1.54, 1.807) is 6.08 Å². The standard InChI is InChI=1S/C9H14O.4CHNO/c1-7-4-8(10)6-9(2,3)5-7;4*2-1-3/h4H,5-6H2,1-3H3;4*2H. The highest BCUT2D eigenvalue weighted by atomic mass is 16.1. The van der Waals surface area contributed by atoms with Crippen LogP contribution >= 0.6 is 0 Å². The number of rotatable bonds is 0. The lowest BCUT2D eigenvalue weighted by Gasteiger charge is -2.27. The lowest BCUT2D eigenvalue weighted by atomic mass is 9.77. The first-order chi connectivity index (χ1) is 10.2. The van der Waals surface area contributed by atoms with Gasteiger partial charge in [-0.05, 0) is 24.8 Å². The molecule has 120 valence electrons. The first-order valence-electron chi connectivity index (χ1n) is 5.51. The third kappa shape index (κ3) is 36.0. The monoisotopic (exact) mass is 310 g/mol. The van der Waals surface area contributed by atoms with Crippen molar-refractivity contribution >= 4 is 30.1 Å². The van der Waals surface area contributed by atoms with E-state index in [9.17, 15) is 4.79 Å². The SMILES string of the molecule is CC1=CC(=O)CC(C)(C)C1.N=C=O.N=C=O.N=C=O.N=C=O. The van der Waals surface area contributed by atoms with Gasteiger partial charge in [0.15, 0.2) is 5.78 Å². The van der Waals surface area contributed by atoms with Gasteiger partial charge in [-0.25, -0.2) is 40.8 Å². The number of carbonyl (C=O) groups excluding carboxylic acids is 5. The van der Waals surface area contributed by atoms with E-state index in [1.165, 1.54) is 5.57 Å². The second-order valence-electron chi connectivity index (χ2n) is 4.38. The van der Waals surface area contributed by atoms with E-state index in [1.807, 2.05) is 6.92 Å². The van der Waals surface area contributed by atoms with Crippen LogP contribution in [0.15, 0.2) is 11.6 Å². The van der Waals surface area contributed by atoms with E-state index in [2.05, 4.69) is 13.8 Å². The minimum absolute atomic E-state index is 0.204. The Morgan fingerprint density at radius 3 is 1.32 bits per heavy atom. The minimum atomic E-state index is 0.204. The molecule has 0 saturated carbocycles. The van der Waals surface area contributed by atoms with Gasteiger partial charge in [0.1, 0.15) is 0 Å². The molecule has 0 aliphatic heterocycles. The summed E-state index contributed by atoms with van der Waals surface area (Å²) < 4.78 is 0. The van der Waals surface area contributed by atoms with Gasteiger partial charge >= 0.3 is 0 Å². The fraction of sp³-hybridized carbons (Fsp3) is 0.462. The summed E-state index contributed by atoms with van der Waals surface area (Å²) in [6.45, 7) is 6.31. The van der Waals surface area contributed by atoms with E-state index in [-0.39, 0.29) is 11.2 Å². The highest BCUT2D eigenvalue weighted by Crippen LogP contribution is 2.32. The van der Waals surface area contributed by atoms with Crippen LogP contribution in [0.25, 0.3) is 0 Å². The average Bonchev–Trinajstić information content (AvgIpc) is 2.29. The van der Waals surface area contributed by atoms with Crippen LogP contribution < -0.4 is 0 Å². The highest BCUT2D eigenvalue weighted by molar-refractivity contribution is 5.91. The van der Waals surface area contributed by atoms with E-state index >= 15 is 0 Å². The van der Waals surface area contributed by atoms with Crippen LogP contribution in [0, 0.1) is 27.1 Å². The smallest absolute Gasteiger partial charge is 0.231 e. The van der Waals surface area contributed by atoms with Gasteiger partial charge in [-0.15, -0.1) is 0 Å². The maximum Gasteiger partial charge on any atom is 0.231 e. The van der Waals surface area contributed by atoms with Crippen LogP contribution in [-0.4, -0.2) is 30.1 Å². The summed E-state index contributed by atoms with van der Waals surface area (Å²) in [5, 5.41) is 21.6. The Morgan fingerprint density at radius 1 is 0.864 bits per heavy atom. The number of ketones is 1. The van der Waals surface area contributed by atoms with Gasteiger partial charge in [-0.3, -0.25) is 4.79 Å². The molecule has 0 saturated heterocycles. The molecule has 0 amide bonds. The van der Waals surface area contributed by atoms with Crippen LogP contribution in [0.1, 0.15) is 33.6 Å². The van der Waals surface area contributed by atoms with E-state index in [0.717, 1.165) is 30.7 Å². The third-order valence-corrected chi connectivity index (χ3v) is 1.82. The number of isocyanates is 4. The minimum Gasteiger partial charge on any atom is -0.295 e. The molecule has 0 aromatic heterocycles. The van der Waals surface area contributed by atoms with Crippen LogP contribution in [0.3, 0.4) is 0 Å². The van der Waals surface area contributed by atoms with Crippen LogP contribution in [-0.2, 0) is 24.0 Å². The summed E-state index contributed by atoms with van der Waals surface area (Å²) in [6, 6.07) is 0. The van der Waals surface area contributed by atoms with Gasteiger partial charge in [0.05, 0.1) is 0 Å². The molecule has 0 bridgehead atoms. The molecule has 22 heavy (non-hydrogen) atoms. The van der Waals surface area contributed by atoms with Gasteiger partial charge in [0, 0.05) is 6.42 Å². The van der Waals surface area contributed by atoms with Gasteiger partial charge in [-0.1, -0.05) is 19.4 Å². The van der Waals surface area contributed by atoms with Crippen LogP contribution in [0.4, 0.5) is 0 Å². The molecule has 0 radical (unpaired) electrons. The molecule has 0 aromatic rings. The van der Waals surface area contributed by atoms with Gasteiger partial charge in [0.2, 0.25) is 24.3 Å². The molecule has 1 aliphatic carbocycles. The Labute approximate surface area is 127 Å². The van der Waals surface area contributed by atoms with E-state index < -0.39 is 0 Å². The molecule has 4 N–H and O–H groups in total. The maximum atomic E-state index is 11.0. The Hall–Kier alpha value is -3.07. The summed E-state index contributed by atoms with van der Waals surface area (Å²) in [6.07, 6.45) is 6.55. The number of hydrogen-bond donors (Lipinski definition) is 4. The lowest BCUT2D eigenvalue weighted by molar-refractivity contribution is -0.117. The number of allylic oxidation sites excluding steroid dienone is 2. The van der Waals surface area contributed by atoms with Crippen molar-refractivity contribution in [3.8, 4) is 0 Å². The Morgan fingerprint density at radius 2 is 1.14 bits per heavy atom. The summed E-state index contributed by atoms with van der Waals surface area (Å²) >= 11 is 0. The molecule has 0 fully saturated rings. The molecule has 0 heterocycles. The van der Waals surface area contributed by atoms with Crippen molar-refractivity contribution in [2.75, 3.05) is 0 Å². The fourth-order valence-electron chi connectivity index (χ4n) is 1.67. The predicted octanol–water partition coefficient (Wildman–Crippen LogP) is 1.93. The first-order valence-corrected chi connectivity index (χ1v) is 5.51. The second kappa shape index (κ2) is 20.3. The molecule has 9 nitrogen and oxygen atoms in total.